The molecule has 4 heterocycles. The van der Waals surface area contributed by atoms with Crippen molar-refractivity contribution in [2.45, 2.75) is 71.8 Å². The predicted octanol–water partition coefficient (Wildman–Crippen LogP) is 3.57. The van der Waals surface area contributed by atoms with Crippen molar-refractivity contribution in [1.82, 2.24) is 29.0 Å². The van der Waals surface area contributed by atoms with Crippen molar-refractivity contribution in [3.05, 3.63) is 39.5 Å². The van der Waals surface area contributed by atoms with Crippen LogP contribution < -0.4 is 10.5 Å². The van der Waals surface area contributed by atoms with E-state index in [2.05, 4.69) is 53.8 Å². The van der Waals surface area contributed by atoms with Gasteiger partial charge in [-0.3, -0.25) is 19.1 Å². The summed E-state index contributed by atoms with van der Waals surface area (Å²) in [6, 6.07) is 6.48. The Labute approximate surface area is 205 Å². The quantitative estimate of drug-likeness (QED) is 0.509. The van der Waals surface area contributed by atoms with Crippen molar-refractivity contribution in [1.29, 1.82) is 5.26 Å². The molecule has 182 valence electrons. The number of aromatic nitrogens is 5. The number of rotatable bonds is 7. The lowest BCUT2D eigenvalue weighted by atomic mass is 9.98. The van der Waals surface area contributed by atoms with Crippen LogP contribution in [0.5, 0.6) is 0 Å². The van der Waals surface area contributed by atoms with Crippen molar-refractivity contribution < 1.29 is 0 Å². The maximum Gasteiger partial charge on any atom is 0.252 e. The Hall–Kier alpha value is -2.83. The Morgan fingerprint density at radius 3 is 2.56 bits per heavy atom. The second-order valence-corrected chi connectivity index (χ2v) is 9.39. The molecular formula is C24H33ClN8O. The smallest absolute Gasteiger partial charge is 0.252 e. The van der Waals surface area contributed by atoms with E-state index in [0.29, 0.717) is 5.15 Å². The Morgan fingerprint density at radius 1 is 1.18 bits per heavy atom. The number of pyridine rings is 1. The number of halogens is 1. The largest absolute Gasteiger partial charge is 0.364 e. The Morgan fingerprint density at radius 2 is 1.91 bits per heavy atom. The van der Waals surface area contributed by atoms with Crippen molar-refractivity contribution in [3.63, 3.8) is 0 Å². The van der Waals surface area contributed by atoms with Gasteiger partial charge in [0.2, 0.25) is 0 Å². The topological polar surface area (TPSA) is 87.9 Å². The number of fused-ring (bicyclic) bond motifs is 1. The molecule has 3 aromatic rings. The molecule has 0 aliphatic carbocycles. The minimum atomic E-state index is -0.0702. The number of piperazine rings is 1. The molecule has 0 radical (unpaired) electrons. The number of aryl methyl sites for hydroxylation is 2. The number of anilines is 1. The van der Waals surface area contributed by atoms with Gasteiger partial charge in [0.15, 0.2) is 5.15 Å². The molecule has 3 aromatic heterocycles. The molecule has 1 fully saturated rings. The SMILES string of the molecule is CC[C@H]1CN(C(C)c2cc(Cl)nn2CC)[C@H](CC)CN1c1cc(=O)n(C)c2cn(CC#N)nc12. The molecular weight excluding hydrogens is 452 g/mol. The highest BCUT2D eigenvalue weighted by Gasteiger charge is 2.37. The molecule has 0 N–H and O–H groups in total. The lowest BCUT2D eigenvalue weighted by Crippen LogP contribution is -2.59. The van der Waals surface area contributed by atoms with Gasteiger partial charge in [-0.25, -0.2) is 0 Å². The van der Waals surface area contributed by atoms with Crippen molar-refractivity contribution in [2.24, 2.45) is 7.05 Å². The minimum absolute atomic E-state index is 0.0702. The molecule has 9 nitrogen and oxygen atoms in total. The van der Waals surface area contributed by atoms with Crippen LogP contribution in [0.1, 0.15) is 52.3 Å². The summed E-state index contributed by atoms with van der Waals surface area (Å²) in [7, 11) is 1.75. The summed E-state index contributed by atoms with van der Waals surface area (Å²) in [5, 5.41) is 18.8. The molecule has 1 saturated heterocycles. The van der Waals surface area contributed by atoms with Crippen LogP contribution in [0.3, 0.4) is 0 Å². The Balaban J connectivity index is 1.73. The van der Waals surface area contributed by atoms with Crippen LogP contribution in [-0.2, 0) is 20.1 Å². The van der Waals surface area contributed by atoms with Gasteiger partial charge in [0.1, 0.15) is 12.1 Å². The fourth-order valence-electron chi connectivity index (χ4n) is 5.22. The average Bonchev–Trinajstić information content (AvgIpc) is 3.43. The monoisotopic (exact) mass is 484 g/mol. The molecule has 1 aliphatic heterocycles. The zero-order chi connectivity index (χ0) is 24.6. The van der Waals surface area contributed by atoms with E-state index in [1.54, 1.807) is 28.6 Å². The van der Waals surface area contributed by atoms with Crippen molar-refractivity contribution in [2.75, 3.05) is 18.0 Å². The number of nitrogens with zero attached hydrogens (tertiary/aromatic N) is 8. The van der Waals surface area contributed by atoms with Gasteiger partial charge in [0.05, 0.1) is 29.2 Å². The van der Waals surface area contributed by atoms with E-state index in [1.807, 2.05) is 10.7 Å². The van der Waals surface area contributed by atoms with Crippen LogP contribution in [0.15, 0.2) is 23.1 Å². The maximum absolute atomic E-state index is 12.8. The van der Waals surface area contributed by atoms with E-state index < -0.39 is 0 Å². The standard InChI is InChI=1S/C24H33ClN8O/c1-6-17-14-32(20-12-23(34)29(5)21-15-30(10-9-26)28-24(20)21)18(7-2)13-31(17)16(4)19-11-22(25)27-33(19)8-3/h11-12,15-18H,6-8,10,13-14H2,1-5H3/t16?,17-,18+/m1/s1. The summed E-state index contributed by atoms with van der Waals surface area (Å²) < 4.78 is 5.20. The van der Waals surface area contributed by atoms with Crippen LogP contribution >= 0.6 is 11.6 Å². The first-order valence-electron chi connectivity index (χ1n) is 12.0. The van der Waals surface area contributed by atoms with Crippen LogP contribution in [0.4, 0.5) is 5.69 Å². The minimum Gasteiger partial charge on any atom is -0.364 e. The van der Waals surface area contributed by atoms with Gasteiger partial charge in [0, 0.05) is 50.9 Å². The highest BCUT2D eigenvalue weighted by Crippen LogP contribution is 2.34. The first kappa shape index (κ1) is 24.3. The molecule has 4 rings (SSSR count). The Kier molecular flexibility index (Phi) is 7.01. The van der Waals surface area contributed by atoms with Crippen molar-refractivity contribution in [3.8, 4) is 6.07 Å². The van der Waals surface area contributed by atoms with Crippen LogP contribution in [0.2, 0.25) is 5.15 Å². The normalized spacial score (nSPS) is 20.1. The second kappa shape index (κ2) is 9.80. The van der Waals surface area contributed by atoms with Gasteiger partial charge in [-0.15, -0.1) is 0 Å². The molecule has 0 spiro atoms. The molecule has 34 heavy (non-hydrogen) atoms. The van der Waals surface area contributed by atoms with Gasteiger partial charge in [-0.2, -0.15) is 15.5 Å². The third-order valence-corrected chi connectivity index (χ3v) is 7.35. The van der Waals surface area contributed by atoms with Gasteiger partial charge in [0.25, 0.3) is 5.56 Å². The van der Waals surface area contributed by atoms with E-state index in [0.717, 1.165) is 54.9 Å². The third-order valence-electron chi connectivity index (χ3n) is 7.17. The summed E-state index contributed by atoms with van der Waals surface area (Å²) in [5.41, 5.74) is 3.43. The predicted molar refractivity (Wildman–Crippen MR) is 134 cm³/mol. The average molecular weight is 485 g/mol. The van der Waals surface area contributed by atoms with Crippen LogP contribution in [0, 0.1) is 11.3 Å². The van der Waals surface area contributed by atoms with Crippen molar-refractivity contribution >= 4 is 28.3 Å². The molecule has 0 bridgehead atoms. The molecule has 10 heteroatoms. The number of nitriles is 1. The summed E-state index contributed by atoms with van der Waals surface area (Å²) in [6.45, 7) is 11.3. The van der Waals surface area contributed by atoms with Crippen LogP contribution in [0.25, 0.3) is 11.0 Å². The van der Waals surface area contributed by atoms with Gasteiger partial charge in [-0.1, -0.05) is 25.4 Å². The fourth-order valence-corrected chi connectivity index (χ4v) is 5.43. The van der Waals surface area contributed by atoms with Gasteiger partial charge >= 0.3 is 0 Å². The molecule has 1 unspecified atom stereocenters. The maximum atomic E-state index is 12.8. The highest BCUT2D eigenvalue weighted by molar-refractivity contribution is 6.29. The molecule has 0 amide bonds. The van der Waals surface area contributed by atoms with Crippen LogP contribution in [-0.4, -0.2) is 54.2 Å². The zero-order valence-electron chi connectivity index (χ0n) is 20.6. The molecule has 0 aromatic carbocycles. The zero-order valence-corrected chi connectivity index (χ0v) is 21.3. The first-order chi connectivity index (χ1) is 16.3. The van der Waals surface area contributed by atoms with E-state index in [1.165, 1.54) is 0 Å². The molecule has 0 saturated carbocycles. The summed E-state index contributed by atoms with van der Waals surface area (Å²) in [4.78, 5) is 17.8. The lowest BCUT2D eigenvalue weighted by molar-refractivity contribution is 0.0967. The van der Waals surface area contributed by atoms with Gasteiger partial charge < -0.3 is 9.47 Å². The van der Waals surface area contributed by atoms with E-state index in [4.69, 9.17) is 16.9 Å². The highest BCUT2D eigenvalue weighted by atomic mass is 35.5. The number of hydrogen-bond acceptors (Lipinski definition) is 6. The lowest BCUT2D eigenvalue weighted by Gasteiger charge is -2.49. The van der Waals surface area contributed by atoms with E-state index in [9.17, 15) is 4.79 Å². The Bertz CT molecular complexity index is 1270. The van der Waals surface area contributed by atoms with E-state index >= 15 is 0 Å². The van der Waals surface area contributed by atoms with E-state index in [-0.39, 0.29) is 30.2 Å². The summed E-state index contributed by atoms with van der Waals surface area (Å²) in [6.07, 6.45) is 3.70. The third kappa shape index (κ3) is 4.21. The van der Waals surface area contributed by atoms with Gasteiger partial charge in [-0.05, 0) is 32.8 Å². The second-order valence-electron chi connectivity index (χ2n) is 9.00. The summed E-state index contributed by atoms with van der Waals surface area (Å²) in [5.74, 6) is 0. The first-order valence-corrected chi connectivity index (χ1v) is 12.4. The molecule has 3 atom stereocenters. The molecule has 1 aliphatic rings. The summed E-state index contributed by atoms with van der Waals surface area (Å²) >= 11 is 6.24. The fraction of sp³-hybridized carbons (Fsp3) is 0.583. The number of hydrogen-bond donors (Lipinski definition) is 0.